The third kappa shape index (κ3) is 7.41. The molecule has 2 rings (SSSR count). The van der Waals surface area contributed by atoms with Crippen molar-refractivity contribution in [1.29, 1.82) is 0 Å². The summed E-state index contributed by atoms with van der Waals surface area (Å²) < 4.78 is 0. The van der Waals surface area contributed by atoms with E-state index < -0.39 is 6.04 Å². The first-order chi connectivity index (χ1) is 13.9. The topological polar surface area (TPSA) is 49.4 Å². The number of carbonyl (C=O) groups is 2. The van der Waals surface area contributed by atoms with Gasteiger partial charge in [-0.25, -0.2) is 0 Å². The van der Waals surface area contributed by atoms with Gasteiger partial charge in [-0.2, -0.15) is 0 Å². The van der Waals surface area contributed by atoms with Crippen molar-refractivity contribution < 1.29 is 9.59 Å². The summed E-state index contributed by atoms with van der Waals surface area (Å²) in [5, 5.41) is 3.65. The first-order valence-corrected chi connectivity index (χ1v) is 11.4. The predicted octanol–water partition coefficient (Wildman–Crippen LogP) is 4.91. The van der Waals surface area contributed by atoms with Gasteiger partial charge in [0.05, 0.1) is 5.75 Å². The van der Waals surface area contributed by atoms with E-state index in [0.717, 1.165) is 11.1 Å². The van der Waals surface area contributed by atoms with Crippen LogP contribution in [0.25, 0.3) is 0 Å². The molecular weight excluding hydrogens is 404 g/mol. The molecule has 4 nitrogen and oxygen atoms in total. The van der Waals surface area contributed by atoms with Crippen molar-refractivity contribution in [1.82, 2.24) is 10.2 Å². The monoisotopic (exact) mass is 432 g/mol. The fourth-order valence-corrected chi connectivity index (χ4v) is 4.22. The molecule has 0 saturated heterocycles. The van der Waals surface area contributed by atoms with E-state index in [-0.39, 0.29) is 17.9 Å². The molecule has 2 amide bonds. The van der Waals surface area contributed by atoms with Crippen LogP contribution in [0.1, 0.15) is 38.3 Å². The van der Waals surface area contributed by atoms with Gasteiger partial charge in [-0.05, 0) is 37.5 Å². The number of benzene rings is 2. The van der Waals surface area contributed by atoms with Crippen molar-refractivity contribution in [2.24, 2.45) is 0 Å². The van der Waals surface area contributed by atoms with Crippen LogP contribution in [0.2, 0.25) is 5.02 Å². The normalized spacial score (nSPS) is 11.9. The Balaban J connectivity index is 2.11. The van der Waals surface area contributed by atoms with Crippen LogP contribution in [0.15, 0.2) is 54.6 Å². The van der Waals surface area contributed by atoms with E-state index >= 15 is 0 Å². The highest BCUT2D eigenvalue weighted by Crippen LogP contribution is 2.22. The maximum Gasteiger partial charge on any atom is 0.243 e. The Labute approximate surface area is 183 Å². The molecule has 0 spiro atoms. The predicted molar refractivity (Wildman–Crippen MR) is 122 cm³/mol. The van der Waals surface area contributed by atoms with E-state index in [2.05, 4.69) is 5.32 Å². The standard InChI is InChI=1S/C23H29ClN2O2S/c1-4-21(23(28)25-17(2)3)26(14-18-10-6-5-7-11-18)22(27)16-29-15-19-12-8-9-13-20(19)24/h5-13,17,21H,4,14-16H2,1-3H3,(H,25,28)/t21-/m0/s1. The molecule has 0 aliphatic heterocycles. The Kier molecular flexibility index (Phi) is 9.55. The second-order valence-corrected chi connectivity index (χ2v) is 8.57. The van der Waals surface area contributed by atoms with Gasteiger partial charge in [-0.1, -0.05) is 67.1 Å². The van der Waals surface area contributed by atoms with Gasteiger partial charge in [0.15, 0.2) is 0 Å². The molecule has 0 aliphatic carbocycles. The zero-order chi connectivity index (χ0) is 21.2. The third-order valence-corrected chi connectivity index (χ3v) is 5.79. The van der Waals surface area contributed by atoms with E-state index in [1.807, 2.05) is 75.4 Å². The molecule has 29 heavy (non-hydrogen) atoms. The molecule has 0 fully saturated rings. The molecule has 0 heterocycles. The summed E-state index contributed by atoms with van der Waals surface area (Å²) >= 11 is 7.72. The maximum atomic E-state index is 13.1. The van der Waals surface area contributed by atoms with Gasteiger partial charge in [-0.3, -0.25) is 9.59 Å². The maximum absolute atomic E-state index is 13.1. The minimum atomic E-state index is -0.494. The first kappa shape index (κ1) is 23.3. The smallest absolute Gasteiger partial charge is 0.243 e. The third-order valence-electron chi connectivity index (χ3n) is 4.45. The van der Waals surface area contributed by atoms with E-state index in [1.165, 1.54) is 11.8 Å². The highest BCUT2D eigenvalue weighted by atomic mass is 35.5. The van der Waals surface area contributed by atoms with Gasteiger partial charge >= 0.3 is 0 Å². The lowest BCUT2D eigenvalue weighted by Gasteiger charge is -2.31. The molecule has 0 bridgehead atoms. The average molecular weight is 433 g/mol. The fraction of sp³-hybridized carbons (Fsp3) is 0.391. The number of amides is 2. The minimum Gasteiger partial charge on any atom is -0.352 e. The van der Waals surface area contributed by atoms with Crippen LogP contribution in [-0.4, -0.2) is 34.6 Å². The van der Waals surface area contributed by atoms with Crippen molar-refractivity contribution in [2.45, 2.75) is 51.6 Å². The number of rotatable bonds is 10. The van der Waals surface area contributed by atoms with Crippen molar-refractivity contribution in [3.63, 3.8) is 0 Å². The number of nitrogens with zero attached hydrogens (tertiary/aromatic N) is 1. The van der Waals surface area contributed by atoms with Crippen LogP contribution in [0.3, 0.4) is 0 Å². The molecule has 1 N–H and O–H groups in total. The summed E-state index contributed by atoms with van der Waals surface area (Å²) in [6.07, 6.45) is 0.562. The van der Waals surface area contributed by atoms with Crippen LogP contribution in [-0.2, 0) is 21.9 Å². The van der Waals surface area contributed by atoms with Gasteiger partial charge in [0, 0.05) is 23.4 Å². The van der Waals surface area contributed by atoms with Gasteiger partial charge < -0.3 is 10.2 Å². The van der Waals surface area contributed by atoms with Crippen LogP contribution in [0, 0.1) is 0 Å². The lowest BCUT2D eigenvalue weighted by Crippen LogP contribution is -2.50. The van der Waals surface area contributed by atoms with Crippen LogP contribution >= 0.6 is 23.4 Å². The summed E-state index contributed by atoms with van der Waals surface area (Å²) in [7, 11) is 0. The summed E-state index contributed by atoms with van der Waals surface area (Å²) in [5.41, 5.74) is 2.01. The summed E-state index contributed by atoms with van der Waals surface area (Å²) in [6, 6.07) is 17.0. The number of thioether (sulfide) groups is 1. The Morgan fingerprint density at radius 3 is 2.34 bits per heavy atom. The number of carbonyl (C=O) groups excluding carboxylic acids is 2. The van der Waals surface area contributed by atoms with Gasteiger partial charge in [-0.15, -0.1) is 11.8 Å². The lowest BCUT2D eigenvalue weighted by molar-refractivity contribution is -0.139. The van der Waals surface area contributed by atoms with E-state index in [9.17, 15) is 9.59 Å². The lowest BCUT2D eigenvalue weighted by atomic mass is 10.1. The Morgan fingerprint density at radius 1 is 1.07 bits per heavy atom. The Bertz CT molecular complexity index is 798. The zero-order valence-electron chi connectivity index (χ0n) is 17.2. The number of hydrogen-bond acceptors (Lipinski definition) is 3. The molecule has 0 radical (unpaired) electrons. The van der Waals surface area contributed by atoms with Crippen molar-refractivity contribution in [3.05, 3.63) is 70.7 Å². The minimum absolute atomic E-state index is 0.0276. The summed E-state index contributed by atoms with van der Waals surface area (Å²) in [5.74, 6) is 0.794. The molecule has 1 atom stereocenters. The van der Waals surface area contributed by atoms with Gasteiger partial charge in [0.2, 0.25) is 11.8 Å². The summed E-state index contributed by atoms with van der Waals surface area (Å²) in [4.78, 5) is 27.5. The van der Waals surface area contributed by atoms with Crippen molar-refractivity contribution in [2.75, 3.05) is 5.75 Å². The van der Waals surface area contributed by atoms with Crippen LogP contribution < -0.4 is 5.32 Å². The first-order valence-electron chi connectivity index (χ1n) is 9.87. The quantitative estimate of drug-likeness (QED) is 0.580. The van der Waals surface area contributed by atoms with Gasteiger partial charge in [0.25, 0.3) is 0 Å². The number of halogens is 1. The Hall–Kier alpha value is -1.98. The molecular formula is C23H29ClN2O2S. The molecule has 6 heteroatoms. The van der Waals surface area contributed by atoms with Gasteiger partial charge in [0.1, 0.15) is 6.04 Å². The second-order valence-electron chi connectivity index (χ2n) is 7.18. The average Bonchev–Trinajstić information content (AvgIpc) is 2.69. The molecule has 0 aromatic heterocycles. The highest BCUT2D eigenvalue weighted by Gasteiger charge is 2.28. The molecule has 0 aliphatic rings. The molecule has 2 aromatic rings. The van der Waals surface area contributed by atoms with E-state index in [1.54, 1.807) is 4.90 Å². The Morgan fingerprint density at radius 2 is 1.72 bits per heavy atom. The molecule has 0 unspecified atom stereocenters. The molecule has 0 saturated carbocycles. The van der Waals surface area contributed by atoms with E-state index in [4.69, 9.17) is 11.6 Å². The van der Waals surface area contributed by atoms with Crippen molar-refractivity contribution >= 4 is 35.2 Å². The number of hydrogen-bond donors (Lipinski definition) is 1. The second kappa shape index (κ2) is 11.9. The molecule has 156 valence electrons. The molecule has 2 aromatic carbocycles. The van der Waals surface area contributed by atoms with E-state index in [0.29, 0.717) is 29.5 Å². The van der Waals surface area contributed by atoms with Crippen LogP contribution in [0.4, 0.5) is 0 Å². The zero-order valence-corrected chi connectivity index (χ0v) is 18.8. The van der Waals surface area contributed by atoms with Crippen LogP contribution in [0.5, 0.6) is 0 Å². The van der Waals surface area contributed by atoms with Crippen molar-refractivity contribution in [3.8, 4) is 0 Å². The SMILES string of the molecule is CC[C@@H](C(=O)NC(C)C)N(Cc1ccccc1)C(=O)CSCc1ccccc1Cl. The largest absolute Gasteiger partial charge is 0.352 e. The fourth-order valence-electron chi connectivity index (χ4n) is 3.03. The number of nitrogens with one attached hydrogen (secondary N) is 1. The summed E-state index contributed by atoms with van der Waals surface area (Å²) in [6.45, 7) is 6.20. The highest BCUT2D eigenvalue weighted by molar-refractivity contribution is 7.99.